The summed E-state index contributed by atoms with van der Waals surface area (Å²) in [7, 11) is 1.41. The van der Waals surface area contributed by atoms with Crippen LogP contribution in [0.15, 0.2) is 47.6 Å². The lowest BCUT2D eigenvalue weighted by Gasteiger charge is -2.03. The van der Waals surface area contributed by atoms with E-state index >= 15 is 0 Å². The van der Waals surface area contributed by atoms with Crippen LogP contribution in [0.5, 0.6) is 5.75 Å². The van der Waals surface area contributed by atoms with Crippen LogP contribution in [0.25, 0.3) is 10.1 Å². The summed E-state index contributed by atoms with van der Waals surface area (Å²) in [5.74, 6) is -0.151. The van der Waals surface area contributed by atoms with Crippen molar-refractivity contribution >= 4 is 44.9 Å². The molecule has 1 heterocycles. The van der Waals surface area contributed by atoms with Crippen molar-refractivity contribution < 1.29 is 19.4 Å². The van der Waals surface area contributed by atoms with E-state index in [1.165, 1.54) is 49.7 Å². The smallest absolute Gasteiger partial charge is 0.281 e. The van der Waals surface area contributed by atoms with Crippen molar-refractivity contribution in [2.45, 2.75) is 0 Å². The molecule has 3 aromatic rings. The van der Waals surface area contributed by atoms with Gasteiger partial charge in [0.05, 0.1) is 28.0 Å². The fourth-order valence-electron chi connectivity index (χ4n) is 2.41. The summed E-state index contributed by atoms with van der Waals surface area (Å²) in [5, 5.41) is 26.1. The Morgan fingerprint density at radius 3 is 2.46 bits per heavy atom. The molecule has 0 aliphatic heterocycles. The lowest BCUT2D eigenvalue weighted by molar-refractivity contribution is -0.385. The number of ether oxygens (including phenoxy) is 1. The number of non-ortho nitro benzene ring substituents is 2. The van der Waals surface area contributed by atoms with Crippen LogP contribution >= 0.6 is 11.3 Å². The number of thiophene rings is 1. The van der Waals surface area contributed by atoms with Gasteiger partial charge < -0.3 is 4.74 Å². The zero-order chi connectivity index (χ0) is 20.3. The molecule has 28 heavy (non-hydrogen) atoms. The van der Waals surface area contributed by atoms with Gasteiger partial charge in [-0.2, -0.15) is 5.10 Å². The Morgan fingerprint density at radius 2 is 1.79 bits per heavy atom. The zero-order valence-corrected chi connectivity index (χ0v) is 15.1. The predicted octanol–water partition coefficient (Wildman–Crippen LogP) is 3.49. The molecule has 142 valence electrons. The molecular weight excluding hydrogens is 388 g/mol. The summed E-state index contributed by atoms with van der Waals surface area (Å²) in [6.45, 7) is 0. The number of carbonyl (C=O) groups is 1. The molecule has 0 saturated heterocycles. The number of hydrogen-bond acceptors (Lipinski definition) is 8. The third kappa shape index (κ3) is 3.94. The van der Waals surface area contributed by atoms with Gasteiger partial charge in [-0.1, -0.05) is 0 Å². The first-order valence-electron chi connectivity index (χ1n) is 7.73. The molecule has 0 atom stereocenters. The highest BCUT2D eigenvalue weighted by molar-refractivity contribution is 7.20. The number of nitro groups is 2. The van der Waals surface area contributed by atoms with Crippen molar-refractivity contribution in [2.75, 3.05) is 7.11 Å². The molecule has 10 nitrogen and oxygen atoms in total. The van der Waals surface area contributed by atoms with E-state index in [1.807, 2.05) is 0 Å². The van der Waals surface area contributed by atoms with Crippen LogP contribution in [0.3, 0.4) is 0 Å². The number of hydrazone groups is 1. The summed E-state index contributed by atoms with van der Waals surface area (Å²) >= 11 is 1.16. The molecule has 0 bridgehead atoms. The number of methoxy groups -OCH3 is 1. The molecule has 0 aliphatic rings. The molecule has 0 aliphatic carbocycles. The summed E-state index contributed by atoms with van der Waals surface area (Å²) in [4.78, 5) is 33.2. The van der Waals surface area contributed by atoms with Gasteiger partial charge in [0.1, 0.15) is 5.75 Å². The monoisotopic (exact) mass is 400 g/mol. The lowest BCUT2D eigenvalue weighted by Crippen LogP contribution is -2.16. The van der Waals surface area contributed by atoms with Gasteiger partial charge in [-0.15, -0.1) is 11.3 Å². The quantitative estimate of drug-likeness (QED) is 0.382. The first-order chi connectivity index (χ1) is 13.4. The Morgan fingerprint density at radius 1 is 1.11 bits per heavy atom. The first-order valence-corrected chi connectivity index (χ1v) is 8.54. The van der Waals surface area contributed by atoms with Crippen molar-refractivity contribution in [3.05, 3.63) is 73.1 Å². The Balaban J connectivity index is 1.78. The largest absolute Gasteiger partial charge is 0.496 e. The number of fused-ring (bicyclic) bond motifs is 1. The Bertz CT molecular complexity index is 1120. The van der Waals surface area contributed by atoms with E-state index in [2.05, 4.69) is 10.5 Å². The highest BCUT2D eigenvalue weighted by Crippen LogP contribution is 2.29. The molecule has 1 amide bonds. The number of nitrogens with zero attached hydrogens (tertiary/aromatic N) is 3. The molecule has 0 radical (unpaired) electrons. The van der Waals surface area contributed by atoms with E-state index < -0.39 is 15.8 Å². The molecule has 0 saturated carbocycles. The molecular formula is C17H12N4O6S. The van der Waals surface area contributed by atoms with Gasteiger partial charge in [0.2, 0.25) is 0 Å². The van der Waals surface area contributed by atoms with E-state index in [4.69, 9.17) is 4.74 Å². The van der Waals surface area contributed by atoms with Gasteiger partial charge in [-0.25, -0.2) is 5.43 Å². The number of benzene rings is 2. The minimum Gasteiger partial charge on any atom is -0.496 e. The fourth-order valence-corrected chi connectivity index (χ4v) is 3.34. The summed E-state index contributed by atoms with van der Waals surface area (Å²) in [5.41, 5.74) is 2.45. The van der Waals surface area contributed by atoms with Crippen LogP contribution < -0.4 is 10.2 Å². The third-order valence-electron chi connectivity index (χ3n) is 3.73. The standard InChI is InChI=1S/C17H12N4O6S/c1-27-14-4-2-12(20(23)24)7-11(14)9-18-19-17(22)16-8-10-6-13(21(25)26)3-5-15(10)28-16/h2-9H,1H3,(H,19,22). The van der Waals surface area contributed by atoms with Crippen LogP contribution in [-0.2, 0) is 0 Å². The molecule has 11 heteroatoms. The molecule has 2 aromatic carbocycles. The topological polar surface area (TPSA) is 137 Å². The normalized spacial score (nSPS) is 10.9. The van der Waals surface area contributed by atoms with Crippen molar-refractivity contribution in [1.29, 1.82) is 0 Å². The maximum atomic E-state index is 12.3. The van der Waals surface area contributed by atoms with Crippen LogP contribution in [0.4, 0.5) is 11.4 Å². The van der Waals surface area contributed by atoms with Crippen molar-refractivity contribution in [1.82, 2.24) is 5.43 Å². The number of nitrogens with one attached hydrogen (secondary N) is 1. The SMILES string of the molecule is COc1ccc([N+](=O)[O-])cc1C=NNC(=O)c1cc2cc([N+](=O)[O-])ccc2s1. The van der Waals surface area contributed by atoms with Crippen LogP contribution in [0.2, 0.25) is 0 Å². The predicted molar refractivity (Wildman–Crippen MR) is 103 cm³/mol. The second-order valence-electron chi connectivity index (χ2n) is 5.47. The Labute approximate surface area is 161 Å². The maximum Gasteiger partial charge on any atom is 0.281 e. The lowest BCUT2D eigenvalue weighted by atomic mass is 10.2. The van der Waals surface area contributed by atoms with Gasteiger partial charge in [-0.3, -0.25) is 25.0 Å². The van der Waals surface area contributed by atoms with Crippen molar-refractivity contribution in [3.63, 3.8) is 0 Å². The second kappa shape index (κ2) is 7.80. The number of carbonyl (C=O) groups excluding carboxylic acids is 1. The minimum atomic E-state index is -0.550. The summed E-state index contributed by atoms with van der Waals surface area (Å²) in [6, 6.07) is 9.86. The van der Waals surface area contributed by atoms with Gasteiger partial charge in [0.25, 0.3) is 17.3 Å². The summed E-state index contributed by atoms with van der Waals surface area (Å²) in [6.07, 6.45) is 1.24. The first kappa shape index (κ1) is 18.9. The molecule has 0 unspecified atom stereocenters. The third-order valence-corrected chi connectivity index (χ3v) is 4.84. The molecule has 1 N–H and O–H groups in total. The van der Waals surface area contributed by atoms with Gasteiger partial charge >= 0.3 is 0 Å². The van der Waals surface area contributed by atoms with Crippen LogP contribution in [0, 0.1) is 20.2 Å². The highest BCUT2D eigenvalue weighted by atomic mass is 32.1. The van der Waals surface area contributed by atoms with Gasteiger partial charge in [0.15, 0.2) is 0 Å². The number of nitro benzene ring substituents is 2. The zero-order valence-electron chi connectivity index (χ0n) is 14.3. The highest BCUT2D eigenvalue weighted by Gasteiger charge is 2.13. The van der Waals surface area contributed by atoms with E-state index in [9.17, 15) is 25.0 Å². The number of rotatable bonds is 6. The molecule has 0 spiro atoms. The maximum absolute atomic E-state index is 12.3. The number of amides is 1. The van der Waals surface area contributed by atoms with E-state index in [1.54, 1.807) is 6.07 Å². The van der Waals surface area contributed by atoms with E-state index in [-0.39, 0.29) is 11.4 Å². The minimum absolute atomic E-state index is 0.0620. The fraction of sp³-hybridized carbons (Fsp3) is 0.0588. The van der Waals surface area contributed by atoms with Crippen LogP contribution in [0.1, 0.15) is 15.2 Å². The second-order valence-corrected chi connectivity index (χ2v) is 6.56. The van der Waals surface area contributed by atoms with E-state index in [0.717, 1.165) is 16.0 Å². The van der Waals surface area contributed by atoms with E-state index in [0.29, 0.717) is 21.6 Å². The number of hydrogen-bond donors (Lipinski definition) is 1. The average molecular weight is 400 g/mol. The van der Waals surface area contributed by atoms with Gasteiger partial charge in [0, 0.05) is 39.9 Å². The van der Waals surface area contributed by atoms with Crippen molar-refractivity contribution in [2.24, 2.45) is 5.10 Å². The Hall–Kier alpha value is -3.86. The molecule has 1 aromatic heterocycles. The Kier molecular flexibility index (Phi) is 5.27. The summed E-state index contributed by atoms with van der Waals surface area (Å²) < 4.78 is 5.84. The molecule has 0 fully saturated rings. The van der Waals surface area contributed by atoms with Crippen molar-refractivity contribution in [3.8, 4) is 5.75 Å². The van der Waals surface area contributed by atoms with Crippen LogP contribution in [-0.4, -0.2) is 29.1 Å². The average Bonchev–Trinajstić information content (AvgIpc) is 3.11. The van der Waals surface area contributed by atoms with Gasteiger partial charge in [-0.05, 0) is 18.2 Å². The molecule has 3 rings (SSSR count).